The Morgan fingerprint density at radius 2 is 1.85 bits per heavy atom. The largest absolute Gasteiger partial charge is 0.480 e. The minimum absolute atomic E-state index is 0.0331. The maximum absolute atomic E-state index is 13.3. The lowest BCUT2D eigenvalue weighted by molar-refractivity contribution is -0.139. The Kier molecular flexibility index (Phi) is 6.23. The molecular formula is C21H25FN2O2. The number of carboxylic acids is 1. The molecular weight excluding hydrogens is 331 g/mol. The number of aliphatic carboxylic acids is 1. The van der Waals surface area contributed by atoms with Crippen LogP contribution in [0.15, 0.2) is 54.6 Å². The fourth-order valence-corrected chi connectivity index (χ4v) is 3.66. The quantitative estimate of drug-likeness (QED) is 0.826. The van der Waals surface area contributed by atoms with E-state index in [-0.39, 0.29) is 18.4 Å². The number of hydrogen-bond donors (Lipinski definition) is 1. The lowest BCUT2D eigenvalue weighted by atomic mass is 10.0. The maximum atomic E-state index is 13.3. The second kappa shape index (κ2) is 8.81. The van der Waals surface area contributed by atoms with E-state index >= 15 is 0 Å². The van der Waals surface area contributed by atoms with Crippen molar-refractivity contribution in [2.75, 3.05) is 31.1 Å². The van der Waals surface area contributed by atoms with E-state index in [0.29, 0.717) is 13.0 Å². The van der Waals surface area contributed by atoms with Gasteiger partial charge in [-0.2, -0.15) is 0 Å². The fourth-order valence-electron chi connectivity index (χ4n) is 3.66. The third-order valence-corrected chi connectivity index (χ3v) is 5.02. The van der Waals surface area contributed by atoms with Crippen LogP contribution in [-0.2, 0) is 11.2 Å². The summed E-state index contributed by atoms with van der Waals surface area (Å²) < 4.78 is 13.3. The zero-order valence-corrected chi connectivity index (χ0v) is 14.9. The first-order valence-electron chi connectivity index (χ1n) is 9.12. The van der Waals surface area contributed by atoms with Gasteiger partial charge in [0, 0.05) is 31.4 Å². The van der Waals surface area contributed by atoms with Crippen LogP contribution in [0.25, 0.3) is 0 Å². The number of para-hydroxylation sites is 1. The molecule has 138 valence electrons. The Morgan fingerprint density at radius 3 is 2.50 bits per heavy atom. The summed E-state index contributed by atoms with van der Waals surface area (Å²) in [4.78, 5) is 15.7. The van der Waals surface area contributed by atoms with E-state index in [1.807, 2.05) is 29.2 Å². The highest BCUT2D eigenvalue weighted by molar-refractivity contribution is 5.69. The van der Waals surface area contributed by atoms with Gasteiger partial charge in [0.25, 0.3) is 0 Å². The summed E-state index contributed by atoms with van der Waals surface area (Å²) in [6, 6.07) is 17.1. The monoisotopic (exact) mass is 356 g/mol. The van der Waals surface area contributed by atoms with Crippen LogP contribution in [0.2, 0.25) is 0 Å². The molecule has 1 heterocycles. The molecule has 0 spiro atoms. The van der Waals surface area contributed by atoms with Crippen molar-refractivity contribution in [3.05, 3.63) is 66.0 Å². The number of halogens is 1. The van der Waals surface area contributed by atoms with E-state index in [9.17, 15) is 14.3 Å². The van der Waals surface area contributed by atoms with Crippen LogP contribution in [0.1, 0.15) is 18.4 Å². The van der Waals surface area contributed by atoms with E-state index in [0.717, 1.165) is 31.5 Å². The molecule has 4 nitrogen and oxygen atoms in total. The SMILES string of the molecule is O=C(O)CN(CCc1cccc(F)c1)C1CCN(c2ccccc2)CC1. The summed E-state index contributed by atoms with van der Waals surface area (Å²) >= 11 is 0. The normalized spacial score (nSPS) is 15.4. The van der Waals surface area contributed by atoms with E-state index in [2.05, 4.69) is 17.0 Å². The highest BCUT2D eigenvalue weighted by atomic mass is 19.1. The zero-order chi connectivity index (χ0) is 18.4. The number of benzene rings is 2. The topological polar surface area (TPSA) is 43.8 Å². The molecule has 1 fully saturated rings. The number of rotatable bonds is 7. The minimum Gasteiger partial charge on any atom is -0.480 e. The van der Waals surface area contributed by atoms with Gasteiger partial charge in [-0.1, -0.05) is 30.3 Å². The molecule has 1 N–H and O–H groups in total. The van der Waals surface area contributed by atoms with Crippen molar-refractivity contribution in [2.24, 2.45) is 0 Å². The molecule has 0 aliphatic carbocycles. The molecule has 0 radical (unpaired) electrons. The zero-order valence-electron chi connectivity index (χ0n) is 14.9. The Bertz CT molecular complexity index is 715. The number of piperidine rings is 1. The Balaban J connectivity index is 1.58. The van der Waals surface area contributed by atoms with Gasteiger partial charge in [-0.25, -0.2) is 4.39 Å². The molecule has 0 saturated carbocycles. The molecule has 0 atom stereocenters. The van der Waals surface area contributed by atoms with Crippen molar-refractivity contribution in [3.63, 3.8) is 0 Å². The summed E-state index contributed by atoms with van der Waals surface area (Å²) in [5, 5.41) is 9.27. The molecule has 5 heteroatoms. The molecule has 1 saturated heterocycles. The van der Waals surface area contributed by atoms with E-state index in [1.165, 1.54) is 17.8 Å². The minimum atomic E-state index is -0.810. The summed E-state index contributed by atoms with van der Waals surface area (Å²) in [5.41, 5.74) is 2.12. The van der Waals surface area contributed by atoms with Crippen LogP contribution in [0, 0.1) is 5.82 Å². The van der Waals surface area contributed by atoms with Gasteiger partial charge in [0.1, 0.15) is 5.82 Å². The highest BCUT2D eigenvalue weighted by Gasteiger charge is 2.26. The van der Waals surface area contributed by atoms with Crippen LogP contribution < -0.4 is 4.90 Å². The summed E-state index contributed by atoms with van der Waals surface area (Å²) in [6.07, 6.45) is 2.53. The van der Waals surface area contributed by atoms with Crippen LogP contribution in [0.4, 0.5) is 10.1 Å². The summed E-state index contributed by atoms with van der Waals surface area (Å²) in [5.74, 6) is -1.06. The van der Waals surface area contributed by atoms with Gasteiger partial charge < -0.3 is 10.0 Å². The average molecular weight is 356 g/mol. The first-order valence-corrected chi connectivity index (χ1v) is 9.12. The Morgan fingerprint density at radius 1 is 1.12 bits per heavy atom. The Hall–Kier alpha value is -2.40. The van der Waals surface area contributed by atoms with Crippen LogP contribution >= 0.6 is 0 Å². The molecule has 3 rings (SSSR count). The summed E-state index contributed by atoms with van der Waals surface area (Å²) in [6.45, 7) is 2.51. The van der Waals surface area contributed by atoms with Crippen molar-refractivity contribution in [2.45, 2.75) is 25.3 Å². The summed E-state index contributed by atoms with van der Waals surface area (Å²) in [7, 11) is 0. The molecule has 0 unspecified atom stereocenters. The smallest absolute Gasteiger partial charge is 0.317 e. The molecule has 26 heavy (non-hydrogen) atoms. The van der Waals surface area contributed by atoms with Gasteiger partial charge in [0.2, 0.25) is 0 Å². The predicted octanol–water partition coefficient (Wildman–Crippen LogP) is 3.42. The molecule has 1 aliphatic rings. The van der Waals surface area contributed by atoms with Crippen molar-refractivity contribution in [3.8, 4) is 0 Å². The number of nitrogens with zero attached hydrogens (tertiary/aromatic N) is 2. The van der Waals surface area contributed by atoms with Crippen molar-refractivity contribution in [1.82, 2.24) is 4.90 Å². The van der Waals surface area contributed by atoms with Gasteiger partial charge in [-0.3, -0.25) is 9.69 Å². The number of carbonyl (C=O) groups is 1. The van der Waals surface area contributed by atoms with E-state index in [1.54, 1.807) is 6.07 Å². The molecule has 2 aromatic rings. The third kappa shape index (κ3) is 5.05. The third-order valence-electron chi connectivity index (χ3n) is 5.02. The van der Waals surface area contributed by atoms with Crippen molar-refractivity contribution >= 4 is 11.7 Å². The lowest BCUT2D eigenvalue weighted by Crippen LogP contribution is -2.47. The molecule has 1 aliphatic heterocycles. The second-order valence-corrected chi connectivity index (χ2v) is 6.80. The maximum Gasteiger partial charge on any atom is 0.317 e. The lowest BCUT2D eigenvalue weighted by Gasteiger charge is -2.39. The van der Waals surface area contributed by atoms with Gasteiger partial charge >= 0.3 is 5.97 Å². The Labute approximate surface area is 153 Å². The molecule has 2 aromatic carbocycles. The van der Waals surface area contributed by atoms with Crippen LogP contribution in [0.3, 0.4) is 0 Å². The highest BCUT2D eigenvalue weighted by Crippen LogP contribution is 2.22. The van der Waals surface area contributed by atoms with Gasteiger partial charge in [-0.05, 0) is 49.1 Å². The van der Waals surface area contributed by atoms with Gasteiger partial charge in [0.05, 0.1) is 6.54 Å². The molecule has 0 bridgehead atoms. The van der Waals surface area contributed by atoms with E-state index in [4.69, 9.17) is 0 Å². The van der Waals surface area contributed by atoms with Crippen molar-refractivity contribution < 1.29 is 14.3 Å². The van der Waals surface area contributed by atoms with Crippen molar-refractivity contribution in [1.29, 1.82) is 0 Å². The second-order valence-electron chi connectivity index (χ2n) is 6.80. The van der Waals surface area contributed by atoms with Crippen LogP contribution in [0.5, 0.6) is 0 Å². The first kappa shape index (κ1) is 18.4. The number of anilines is 1. The van der Waals surface area contributed by atoms with Gasteiger partial charge in [0.15, 0.2) is 0 Å². The number of hydrogen-bond acceptors (Lipinski definition) is 3. The fraction of sp³-hybridized carbons (Fsp3) is 0.381. The molecule has 0 amide bonds. The van der Waals surface area contributed by atoms with Crippen LogP contribution in [-0.4, -0.2) is 48.2 Å². The molecule has 0 aromatic heterocycles. The first-order chi connectivity index (χ1) is 12.6. The van der Waals surface area contributed by atoms with E-state index < -0.39 is 5.97 Å². The number of carboxylic acid groups (broad SMARTS) is 1. The van der Waals surface area contributed by atoms with Gasteiger partial charge in [-0.15, -0.1) is 0 Å². The average Bonchev–Trinajstić information content (AvgIpc) is 2.66. The standard InChI is InChI=1S/C21H25FN2O2/c22-18-6-4-5-17(15-18)9-12-24(16-21(25)26)20-10-13-23(14-11-20)19-7-2-1-3-8-19/h1-8,15,20H,9-14,16H2,(H,25,26). The predicted molar refractivity (Wildman–Crippen MR) is 101 cm³/mol.